The first-order valence-electron chi connectivity index (χ1n) is 9.05. The number of anilines is 1. The third-order valence-electron chi connectivity index (χ3n) is 5.01. The van der Waals surface area contributed by atoms with Crippen LogP contribution < -0.4 is 10.9 Å². The molecule has 2 heterocycles. The van der Waals surface area contributed by atoms with Gasteiger partial charge in [-0.2, -0.15) is 0 Å². The van der Waals surface area contributed by atoms with Crippen molar-refractivity contribution in [2.45, 2.75) is 26.2 Å². The second-order valence-electron chi connectivity index (χ2n) is 6.99. The smallest absolute Gasteiger partial charge is 0.349 e. The van der Waals surface area contributed by atoms with E-state index < -0.39 is 17.5 Å². The zero-order valence-electron chi connectivity index (χ0n) is 15.5. The monoisotopic (exact) mass is 397 g/mol. The molecule has 144 valence electrons. The topological polar surface area (TPSA) is 85.6 Å². The van der Waals surface area contributed by atoms with Crippen LogP contribution in [0.4, 0.5) is 5.00 Å². The van der Waals surface area contributed by atoms with Gasteiger partial charge in [0, 0.05) is 10.3 Å². The van der Waals surface area contributed by atoms with Crippen molar-refractivity contribution >= 4 is 39.2 Å². The number of thiophene rings is 1. The Kier molecular flexibility index (Phi) is 4.77. The van der Waals surface area contributed by atoms with Crippen molar-refractivity contribution in [3.05, 3.63) is 62.3 Å². The van der Waals surface area contributed by atoms with Crippen LogP contribution in [-0.2, 0) is 17.6 Å². The van der Waals surface area contributed by atoms with E-state index in [4.69, 9.17) is 9.15 Å². The van der Waals surface area contributed by atoms with Gasteiger partial charge in [-0.15, -0.1) is 11.3 Å². The number of esters is 1. The average molecular weight is 397 g/mol. The van der Waals surface area contributed by atoms with E-state index in [0.29, 0.717) is 27.5 Å². The number of carbonyl (C=O) groups excluding carboxylic acids is 2. The van der Waals surface area contributed by atoms with Crippen molar-refractivity contribution in [3.63, 3.8) is 0 Å². The number of benzene rings is 1. The fraction of sp³-hybridized carbons (Fsp3) is 0.286. The lowest BCUT2D eigenvalue weighted by atomic mass is 9.88. The molecule has 1 atom stereocenters. The van der Waals surface area contributed by atoms with Crippen molar-refractivity contribution in [2.24, 2.45) is 5.92 Å². The molecular formula is C21H19NO5S. The van der Waals surface area contributed by atoms with E-state index in [2.05, 4.69) is 12.2 Å². The lowest BCUT2D eigenvalue weighted by molar-refractivity contribution is 0.0601. The Hall–Kier alpha value is -2.93. The van der Waals surface area contributed by atoms with Crippen LogP contribution in [0, 0.1) is 5.92 Å². The zero-order valence-corrected chi connectivity index (χ0v) is 16.4. The lowest BCUT2D eigenvalue weighted by Gasteiger charge is -2.18. The Bertz CT molecular complexity index is 1140. The molecule has 0 aliphatic heterocycles. The highest BCUT2D eigenvalue weighted by molar-refractivity contribution is 7.17. The first-order valence-corrected chi connectivity index (χ1v) is 9.86. The van der Waals surface area contributed by atoms with Crippen LogP contribution in [0.2, 0.25) is 0 Å². The van der Waals surface area contributed by atoms with Gasteiger partial charge in [-0.05, 0) is 42.9 Å². The average Bonchev–Trinajstić information content (AvgIpc) is 3.03. The van der Waals surface area contributed by atoms with Gasteiger partial charge in [0.05, 0.1) is 12.7 Å². The summed E-state index contributed by atoms with van der Waals surface area (Å²) in [7, 11) is 1.32. The number of amides is 1. The zero-order chi connectivity index (χ0) is 19.8. The van der Waals surface area contributed by atoms with E-state index in [-0.39, 0.29) is 5.56 Å². The summed E-state index contributed by atoms with van der Waals surface area (Å²) in [5, 5.41) is 3.81. The SMILES string of the molecule is COC(=O)c1c(NC(=O)c2cc3ccccc3oc2=O)sc2c1CC[C@H](C)C2. The number of fused-ring (bicyclic) bond motifs is 2. The number of para-hydroxylation sites is 1. The minimum absolute atomic E-state index is 0.103. The molecule has 0 fully saturated rings. The van der Waals surface area contributed by atoms with E-state index in [9.17, 15) is 14.4 Å². The first kappa shape index (κ1) is 18.4. The van der Waals surface area contributed by atoms with E-state index in [1.54, 1.807) is 24.3 Å². The molecule has 1 amide bonds. The molecule has 0 radical (unpaired) electrons. The Balaban J connectivity index is 1.73. The lowest BCUT2D eigenvalue weighted by Crippen LogP contribution is -2.21. The molecule has 0 unspecified atom stereocenters. The molecule has 3 aromatic rings. The van der Waals surface area contributed by atoms with Gasteiger partial charge in [0.25, 0.3) is 5.91 Å². The van der Waals surface area contributed by atoms with E-state index in [1.165, 1.54) is 24.5 Å². The van der Waals surface area contributed by atoms with Crippen molar-refractivity contribution < 1.29 is 18.7 Å². The largest absolute Gasteiger partial charge is 0.465 e. The number of hydrogen-bond acceptors (Lipinski definition) is 6. The van der Waals surface area contributed by atoms with Gasteiger partial charge in [0.1, 0.15) is 16.1 Å². The first-order chi connectivity index (χ1) is 13.5. The molecule has 1 N–H and O–H groups in total. The van der Waals surface area contributed by atoms with Crippen LogP contribution in [0.5, 0.6) is 0 Å². The quantitative estimate of drug-likeness (QED) is 0.533. The number of methoxy groups -OCH3 is 1. The number of hydrogen-bond donors (Lipinski definition) is 1. The Labute approximate surface area is 165 Å². The minimum atomic E-state index is -0.717. The second-order valence-corrected chi connectivity index (χ2v) is 8.09. The third kappa shape index (κ3) is 3.22. The molecule has 6 nitrogen and oxygen atoms in total. The fourth-order valence-electron chi connectivity index (χ4n) is 3.55. The van der Waals surface area contributed by atoms with Gasteiger partial charge in [-0.3, -0.25) is 4.79 Å². The molecule has 28 heavy (non-hydrogen) atoms. The summed E-state index contributed by atoms with van der Waals surface area (Å²) in [6.07, 6.45) is 2.61. The predicted octanol–water partition coefficient (Wildman–Crippen LogP) is 4.02. The summed E-state index contributed by atoms with van der Waals surface area (Å²) < 4.78 is 10.2. The maximum Gasteiger partial charge on any atom is 0.349 e. The highest BCUT2D eigenvalue weighted by Crippen LogP contribution is 2.40. The van der Waals surface area contributed by atoms with Crippen molar-refractivity contribution in [3.8, 4) is 0 Å². The standard InChI is InChI=1S/C21H19NO5S/c1-11-7-8-13-16(9-11)28-19(17(13)21(25)26-2)22-18(23)14-10-12-5-3-4-6-15(12)27-20(14)24/h3-6,10-11H,7-9H2,1-2H3,(H,22,23)/t11-/m0/s1. The van der Waals surface area contributed by atoms with Gasteiger partial charge < -0.3 is 14.5 Å². The molecule has 7 heteroatoms. The van der Waals surface area contributed by atoms with Crippen molar-refractivity contribution in [2.75, 3.05) is 12.4 Å². The summed E-state index contributed by atoms with van der Waals surface area (Å²) in [6.45, 7) is 2.17. The van der Waals surface area contributed by atoms with Crippen molar-refractivity contribution in [1.29, 1.82) is 0 Å². The molecule has 0 saturated heterocycles. The van der Waals surface area contributed by atoms with Gasteiger partial charge in [0.2, 0.25) is 0 Å². The fourth-order valence-corrected chi connectivity index (χ4v) is 4.94. The van der Waals surface area contributed by atoms with Crippen LogP contribution in [0.15, 0.2) is 39.5 Å². The summed E-state index contributed by atoms with van der Waals surface area (Å²) in [6, 6.07) is 8.49. The molecule has 1 aliphatic carbocycles. The summed E-state index contributed by atoms with van der Waals surface area (Å²) >= 11 is 1.38. The van der Waals surface area contributed by atoms with Gasteiger partial charge in [-0.25, -0.2) is 9.59 Å². The Morgan fingerprint density at radius 1 is 1.29 bits per heavy atom. The van der Waals surface area contributed by atoms with Crippen LogP contribution in [-0.4, -0.2) is 19.0 Å². The van der Waals surface area contributed by atoms with Crippen LogP contribution in [0.1, 0.15) is 44.5 Å². The summed E-state index contributed by atoms with van der Waals surface area (Å²) in [5.41, 5.74) is 0.934. The maximum absolute atomic E-state index is 12.8. The Morgan fingerprint density at radius 2 is 2.07 bits per heavy atom. The van der Waals surface area contributed by atoms with E-state index >= 15 is 0 Å². The third-order valence-corrected chi connectivity index (χ3v) is 6.18. The van der Waals surface area contributed by atoms with Gasteiger partial charge in [0.15, 0.2) is 0 Å². The van der Waals surface area contributed by atoms with Crippen molar-refractivity contribution in [1.82, 2.24) is 0 Å². The van der Waals surface area contributed by atoms with Crippen LogP contribution in [0.3, 0.4) is 0 Å². The summed E-state index contributed by atoms with van der Waals surface area (Å²) in [4.78, 5) is 38.5. The molecular weight excluding hydrogens is 378 g/mol. The molecule has 2 aromatic heterocycles. The molecule has 4 rings (SSSR count). The second kappa shape index (κ2) is 7.24. The minimum Gasteiger partial charge on any atom is -0.465 e. The van der Waals surface area contributed by atoms with Crippen LogP contribution >= 0.6 is 11.3 Å². The van der Waals surface area contributed by atoms with Gasteiger partial charge in [-0.1, -0.05) is 25.1 Å². The normalized spacial score (nSPS) is 15.9. The molecule has 1 aliphatic rings. The van der Waals surface area contributed by atoms with Gasteiger partial charge >= 0.3 is 11.6 Å². The maximum atomic E-state index is 12.8. The molecule has 0 saturated carbocycles. The number of rotatable bonds is 3. The molecule has 1 aromatic carbocycles. The highest BCUT2D eigenvalue weighted by atomic mass is 32.1. The summed E-state index contributed by atoms with van der Waals surface area (Å²) in [5.74, 6) is -0.558. The molecule has 0 spiro atoms. The molecule has 0 bridgehead atoms. The number of ether oxygens (including phenoxy) is 1. The number of nitrogens with one attached hydrogen (secondary N) is 1. The predicted molar refractivity (Wildman–Crippen MR) is 107 cm³/mol. The van der Waals surface area contributed by atoms with E-state index in [1.807, 2.05) is 0 Å². The van der Waals surface area contributed by atoms with E-state index in [0.717, 1.165) is 29.7 Å². The Morgan fingerprint density at radius 3 is 2.86 bits per heavy atom. The van der Waals surface area contributed by atoms with Crippen LogP contribution in [0.25, 0.3) is 11.0 Å². The highest BCUT2D eigenvalue weighted by Gasteiger charge is 2.29. The number of carbonyl (C=O) groups is 2.